The zero-order valence-electron chi connectivity index (χ0n) is 16.1. The summed E-state index contributed by atoms with van der Waals surface area (Å²) in [6, 6.07) is 9.60. The number of hydrogen-bond donors (Lipinski definition) is 1. The fraction of sp³-hybridized carbons (Fsp3) is 0.450. The molecular formula is C20H28N4O2. The second-order valence-electron chi connectivity index (χ2n) is 6.29. The van der Waals surface area contributed by atoms with Crippen LogP contribution in [0.2, 0.25) is 0 Å². The lowest BCUT2D eigenvalue weighted by molar-refractivity contribution is 0.0948. The van der Waals surface area contributed by atoms with Crippen LogP contribution < -0.4 is 15.0 Å². The zero-order valence-corrected chi connectivity index (χ0v) is 16.1. The molecule has 0 atom stereocenters. The fourth-order valence-electron chi connectivity index (χ4n) is 2.58. The number of unbranched alkanes of at least 4 members (excludes halogenated alkanes) is 1. The van der Waals surface area contributed by atoms with E-state index in [0.29, 0.717) is 18.1 Å². The van der Waals surface area contributed by atoms with Crippen molar-refractivity contribution in [1.29, 1.82) is 0 Å². The van der Waals surface area contributed by atoms with E-state index in [0.717, 1.165) is 42.9 Å². The highest BCUT2D eigenvalue weighted by molar-refractivity contribution is 5.92. The summed E-state index contributed by atoms with van der Waals surface area (Å²) in [7, 11) is 3.63. The number of rotatable bonds is 9. The van der Waals surface area contributed by atoms with E-state index in [2.05, 4.69) is 27.1 Å². The smallest absolute Gasteiger partial charge is 0.270 e. The highest BCUT2D eigenvalue weighted by Gasteiger charge is 2.12. The minimum atomic E-state index is -0.172. The number of carbonyl (C=O) groups is 1. The van der Waals surface area contributed by atoms with E-state index >= 15 is 0 Å². The van der Waals surface area contributed by atoms with Gasteiger partial charge in [0.25, 0.3) is 5.91 Å². The number of amides is 1. The van der Waals surface area contributed by atoms with Crippen molar-refractivity contribution in [2.45, 2.75) is 33.1 Å². The second-order valence-corrected chi connectivity index (χ2v) is 6.29. The summed E-state index contributed by atoms with van der Waals surface area (Å²) >= 11 is 0. The van der Waals surface area contributed by atoms with Gasteiger partial charge in [0.15, 0.2) is 0 Å². The van der Waals surface area contributed by atoms with E-state index in [9.17, 15) is 4.79 Å². The highest BCUT2D eigenvalue weighted by Crippen LogP contribution is 2.13. The molecule has 1 aromatic heterocycles. The first-order valence-electron chi connectivity index (χ1n) is 9.01. The number of aromatic nitrogens is 2. The predicted octanol–water partition coefficient (Wildman–Crippen LogP) is 3.00. The van der Waals surface area contributed by atoms with E-state index in [1.807, 2.05) is 38.2 Å². The molecule has 1 amide bonds. The lowest BCUT2D eigenvalue weighted by Gasteiger charge is -2.18. The van der Waals surface area contributed by atoms with Gasteiger partial charge in [0, 0.05) is 26.2 Å². The molecule has 0 saturated carbocycles. The summed E-state index contributed by atoms with van der Waals surface area (Å²) in [6.45, 7) is 5.42. The molecule has 0 aliphatic carbocycles. The largest absolute Gasteiger partial charge is 0.497 e. The molecule has 0 radical (unpaired) electrons. The van der Waals surface area contributed by atoms with E-state index in [4.69, 9.17) is 4.74 Å². The molecule has 2 aromatic rings. The first-order valence-corrected chi connectivity index (χ1v) is 9.01. The molecule has 1 aromatic carbocycles. The van der Waals surface area contributed by atoms with Crippen molar-refractivity contribution < 1.29 is 9.53 Å². The summed E-state index contributed by atoms with van der Waals surface area (Å²) < 4.78 is 5.15. The molecule has 26 heavy (non-hydrogen) atoms. The van der Waals surface area contributed by atoms with Crippen molar-refractivity contribution in [2.24, 2.45) is 0 Å². The van der Waals surface area contributed by atoms with Crippen LogP contribution in [0.15, 0.2) is 30.3 Å². The summed E-state index contributed by atoms with van der Waals surface area (Å²) in [4.78, 5) is 23.2. The Morgan fingerprint density at radius 2 is 1.96 bits per heavy atom. The Kier molecular flexibility index (Phi) is 7.38. The van der Waals surface area contributed by atoms with Crippen LogP contribution in [0.3, 0.4) is 0 Å². The minimum Gasteiger partial charge on any atom is -0.497 e. The van der Waals surface area contributed by atoms with Gasteiger partial charge >= 0.3 is 0 Å². The maximum Gasteiger partial charge on any atom is 0.270 e. The van der Waals surface area contributed by atoms with Gasteiger partial charge in [0.2, 0.25) is 0 Å². The molecule has 6 heteroatoms. The van der Waals surface area contributed by atoms with Crippen LogP contribution in [0.25, 0.3) is 0 Å². The Bertz CT molecular complexity index is 716. The van der Waals surface area contributed by atoms with Gasteiger partial charge < -0.3 is 15.0 Å². The number of hydrogen-bond acceptors (Lipinski definition) is 5. The average molecular weight is 356 g/mol. The molecule has 0 saturated heterocycles. The third-order valence-corrected chi connectivity index (χ3v) is 4.15. The molecule has 0 aliphatic heterocycles. The Morgan fingerprint density at radius 3 is 2.62 bits per heavy atom. The molecule has 0 spiro atoms. The van der Waals surface area contributed by atoms with E-state index in [1.54, 1.807) is 13.2 Å². The quantitative estimate of drug-likeness (QED) is 0.748. The number of nitrogens with zero attached hydrogens (tertiary/aromatic N) is 3. The molecule has 2 rings (SSSR count). The number of methoxy groups -OCH3 is 1. The van der Waals surface area contributed by atoms with Crippen LogP contribution in [-0.4, -0.2) is 43.1 Å². The SMILES string of the molecule is CCCCN(C)c1cc(C(=O)NCCc2ccc(OC)cc2)nc(C)n1. The van der Waals surface area contributed by atoms with Gasteiger partial charge in [-0.25, -0.2) is 9.97 Å². The van der Waals surface area contributed by atoms with Crippen molar-refractivity contribution >= 4 is 11.7 Å². The van der Waals surface area contributed by atoms with Gasteiger partial charge in [-0.1, -0.05) is 25.5 Å². The average Bonchev–Trinajstić information content (AvgIpc) is 2.66. The first-order chi connectivity index (χ1) is 12.5. The maximum atomic E-state index is 12.4. The molecule has 140 valence electrons. The molecule has 1 N–H and O–H groups in total. The van der Waals surface area contributed by atoms with Gasteiger partial charge in [-0.15, -0.1) is 0 Å². The lowest BCUT2D eigenvalue weighted by atomic mass is 10.1. The lowest BCUT2D eigenvalue weighted by Crippen LogP contribution is -2.28. The third kappa shape index (κ3) is 5.72. The molecule has 6 nitrogen and oxygen atoms in total. The second kappa shape index (κ2) is 9.75. The number of benzene rings is 1. The van der Waals surface area contributed by atoms with Gasteiger partial charge in [0.05, 0.1) is 7.11 Å². The fourth-order valence-corrected chi connectivity index (χ4v) is 2.58. The monoisotopic (exact) mass is 356 g/mol. The summed E-state index contributed by atoms with van der Waals surface area (Å²) in [6.07, 6.45) is 2.96. The summed E-state index contributed by atoms with van der Waals surface area (Å²) in [5.74, 6) is 2.04. The van der Waals surface area contributed by atoms with Gasteiger partial charge in [0.1, 0.15) is 23.1 Å². The van der Waals surface area contributed by atoms with Crippen LogP contribution in [0.5, 0.6) is 5.75 Å². The topological polar surface area (TPSA) is 67.4 Å². The molecule has 1 heterocycles. The van der Waals surface area contributed by atoms with Crippen LogP contribution in [0, 0.1) is 6.92 Å². The van der Waals surface area contributed by atoms with Crippen molar-refractivity contribution in [1.82, 2.24) is 15.3 Å². The van der Waals surface area contributed by atoms with E-state index in [1.165, 1.54) is 0 Å². The number of carbonyl (C=O) groups excluding carboxylic acids is 1. The standard InChI is InChI=1S/C20H28N4O2/c1-5-6-13-24(3)19-14-18(22-15(2)23-19)20(25)21-12-11-16-7-9-17(26-4)10-8-16/h7-10,14H,5-6,11-13H2,1-4H3,(H,21,25). The minimum absolute atomic E-state index is 0.172. The molecule has 0 fully saturated rings. The van der Waals surface area contributed by atoms with Crippen molar-refractivity contribution in [3.8, 4) is 5.75 Å². The number of aryl methyl sites for hydroxylation is 1. The van der Waals surface area contributed by atoms with Crippen LogP contribution >= 0.6 is 0 Å². The number of ether oxygens (including phenoxy) is 1. The van der Waals surface area contributed by atoms with Gasteiger partial charge in [-0.05, 0) is 37.5 Å². The van der Waals surface area contributed by atoms with Crippen molar-refractivity contribution in [2.75, 3.05) is 32.1 Å². The highest BCUT2D eigenvalue weighted by atomic mass is 16.5. The molecular weight excluding hydrogens is 328 g/mol. The van der Waals surface area contributed by atoms with Gasteiger partial charge in [-0.2, -0.15) is 0 Å². The predicted molar refractivity (Wildman–Crippen MR) is 104 cm³/mol. The van der Waals surface area contributed by atoms with E-state index < -0.39 is 0 Å². The van der Waals surface area contributed by atoms with E-state index in [-0.39, 0.29) is 5.91 Å². The molecule has 0 aliphatic rings. The van der Waals surface area contributed by atoms with Crippen LogP contribution in [0.4, 0.5) is 5.82 Å². The van der Waals surface area contributed by atoms with Crippen molar-refractivity contribution in [3.63, 3.8) is 0 Å². The number of anilines is 1. The Morgan fingerprint density at radius 1 is 1.23 bits per heavy atom. The Hall–Kier alpha value is -2.63. The molecule has 0 unspecified atom stereocenters. The first kappa shape index (κ1) is 19.7. The third-order valence-electron chi connectivity index (χ3n) is 4.15. The Labute approximate surface area is 155 Å². The van der Waals surface area contributed by atoms with Crippen LogP contribution in [-0.2, 0) is 6.42 Å². The molecule has 0 bridgehead atoms. The van der Waals surface area contributed by atoms with Crippen molar-refractivity contribution in [3.05, 3.63) is 47.4 Å². The Balaban J connectivity index is 1.94. The normalized spacial score (nSPS) is 10.5. The summed E-state index contributed by atoms with van der Waals surface area (Å²) in [5.41, 5.74) is 1.55. The van der Waals surface area contributed by atoms with Crippen LogP contribution in [0.1, 0.15) is 41.6 Å². The zero-order chi connectivity index (χ0) is 18.9. The number of nitrogens with one attached hydrogen (secondary N) is 1. The maximum absolute atomic E-state index is 12.4. The van der Waals surface area contributed by atoms with Gasteiger partial charge in [-0.3, -0.25) is 4.79 Å². The summed E-state index contributed by atoms with van der Waals surface area (Å²) in [5, 5.41) is 2.93.